The van der Waals surface area contributed by atoms with Gasteiger partial charge < -0.3 is 24.3 Å². The predicted molar refractivity (Wildman–Crippen MR) is 139 cm³/mol. The Morgan fingerprint density at radius 1 is 1.32 bits per heavy atom. The number of anilines is 1. The van der Waals surface area contributed by atoms with E-state index in [4.69, 9.17) is 35.9 Å². The Morgan fingerprint density at radius 2 is 2.08 bits per heavy atom. The second-order valence-corrected chi connectivity index (χ2v) is 11.0. The van der Waals surface area contributed by atoms with Crippen LogP contribution in [0.2, 0.25) is 5.02 Å². The number of para-hydroxylation sites is 1. The van der Waals surface area contributed by atoms with E-state index in [-0.39, 0.29) is 29.5 Å². The number of hydrogen-bond donors (Lipinski definition) is 2. The van der Waals surface area contributed by atoms with E-state index in [1.807, 2.05) is 16.8 Å². The van der Waals surface area contributed by atoms with E-state index in [0.29, 0.717) is 17.9 Å². The highest BCUT2D eigenvalue weighted by atomic mass is 35.5. The number of nitrogen functional groups attached to an aromatic ring is 1. The first-order chi connectivity index (χ1) is 17.6. The van der Waals surface area contributed by atoms with Crippen LogP contribution in [0, 0.1) is 5.92 Å². The summed E-state index contributed by atoms with van der Waals surface area (Å²) in [4.78, 5) is 20.6. The first-order valence-electron chi connectivity index (χ1n) is 12.0. The molecule has 0 spiro atoms. The van der Waals surface area contributed by atoms with E-state index in [1.165, 1.54) is 13.3 Å². The highest BCUT2D eigenvalue weighted by Crippen LogP contribution is 2.49. The summed E-state index contributed by atoms with van der Waals surface area (Å²) in [6.45, 7) is 7.18. The van der Waals surface area contributed by atoms with Gasteiger partial charge in [-0.3, -0.25) is 9.32 Å². The van der Waals surface area contributed by atoms with Crippen LogP contribution in [0.1, 0.15) is 40.3 Å². The van der Waals surface area contributed by atoms with Gasteiger partial charge in [-0.2, -0.15) is 5.09 Å². The number of fused-ring (bicyclic) bond motifs is 1. The van der Waals surface area contributed by atoms with Gasteiger partial charge in [-0.1, -0.05) is 30.7 Å². The average Bonchev–Trinajstić information content (AvgIpc) is 3.44. The van der Waals surface area contributed by atoms with Crippen molar-refractivity contribution >= 4 is 42.2 Å². The fourth-order valence-electron chi connectivity index (χ4n) is 4.26. The Bertz CT molecular complexity index is 1310. The zero-order valence-electron chi connectivity index (χ0n) is 21.0. The third kappa shape index (κ3) is 6.08. The molecule has 11 nitrogen and oxygen atoms in total. The summed E-state index contributed by atoms with van der Waals surface area (Å²) in [6, 6.07) is 7.45. The van der Waals surface area contributed by atoms with Crippen molar-refractivity contribution in [2.45, 2.75) is 58.6 Å². The molecule has 1 aliphatic heterocycles. The van der Waals surface area contributed by atoms with Crippen molar-refractivity contribution in [3.05, 3.63) is 47.9 Å². The minimum Gasteiger partial charge on any atom is -0.465 e. The second kappa shape index (κ2) is 11.4. The highest BCUT2D eigenvalue weighted by molar-refractivity contribution is 7.52. The van der Waals surface area contributed by atoms with Gasteiger partial charge in [0.2, 0.25) is 0 Å². The molecule has 13 heteroatoms. The first-order valence-corrected chi connectivity index (χ1v) is 13.9. The Kier molecular flexibility index (Phi) is 8.40. The summed E-state index contributed by atoms with van der Waals surface area (Å²) >= 11 is 6.23. The summed E-state index contributed by atoms with van der Waals surface area (Å²) < 4.78 is 38.9. The van der Waals surface area contributed by atoms with Crippen LogP contribution >= 0.6 is 19.3 Å². The number of nitrogens with one attached hydrogen (secondary N) is 1. The molecule has 0 saturated carbocycles. The largest absolute Gasteiger partial charge is 0.465 e. The van der Waals surface area contributed by atoms with Gasteiger partial charge in [0.1, 0.15) is 35.8 Å². The fourth-order valence-corrected chi connectivity index (χ4v) is 6.22. The molecule has 6 atom stereocenters. The Morgan fingerprint density at radius 3 is 2.81 bits per heavy atom. The second-order valence-electron chi connectivity index (χ2n) is 8.93. The molecular formula is C24H31ClN5O6P. The summed E-state index contributed by atoms with van der Waals surface area (Å²) in [6.07, 6.45) is 2.43. The van der Waals surface area contributed by atoms with Crippen molar-refractivity contribution < 1.29 is 27.9 Å². The lowest BCUT2D eigenvalue weighted by atomic mass is 10.0. The minimum atomic E-state index is -4.11. The Hall–Kier alpha value is -2.69. The predicted octanol–water partition coefficient (Wildman–Crippen LogP) is 4.72. The number of halogens is 1. The number of rotatable bonds is 10. The molecule has 1 aliphatic rings. The number of ether oxygens (including phenoxy) is 2. The molecule has 3 heterocycles. The van der Waals surface area contributed by atoms with Gasteiger partial charge in [0, 0.05) is 12.1 Å². The van der Waals surface area contributed by atoms with Crippen LogP contribution in [0.25, 0.3) is 11.0 Å². The smallest absolute Gasteiger partial charge is 0.459 e. The van der Waals surface area contributed by atoms with Crippen LogP contribution in [0.15, 0.2) is 42.9 Å². The van der Waals surface area contributed by atoms with Crippen LogP contribution in [0.3, 0.4) is 0 Å². The molecule has 200 valence electrons. The van der Waals surface area contributed by atoms with E-state index < -0.39 is 32.0 Å². The number of carbonyl (C=O) groups is 1. The maximum absolute atomic E-state index is 13.9. The minimum absolute atomic E-state index is 0.0816. The molecule has 3 N–H and O–H groups in total. The lowest BCUT2D eigenvalue weighted by molar-refractivity contribution is -0.144. The van der Waals surface area contributed by atoms with Crippen LogP contribution in [-0.4, -0.2) is 45.4 Å². The van der Waals surface area contributed by atoms with Gasteiger partial charge in [0.25, 0.3) is 0 Å². The van der Waals surface area contributed by atoms with Crippen molar-refractivity contribution in [1.82, 2.24) is 19.6 Å². The van der Waals surface area contributed by atoms with E-state index in [9.17, 15) is 9.36 Å². The highest BCUT2D eigenvalue weighted by Gasteiger charge is 2.42. The number of nitrogens with two attached hydrogens (primary N) is 1. The van der Waals surface area contributed by atoms with Crippen LogP contribution < -0.4 is 15.3 Å². The number of aromatic nitrogens is 3. The molecule has 0 aliphatic carbocycles. The van der Waals surface area contributed by atoms with Crippen molar-refractivity contribution in [2.24, 2.45) is 5.92 Å². The van der Waals surface area contributed by atoms with E-state index in [2.05, 4.69) is 22.0 Å². The van der Waals surface area contributed by atoms with Gasteiger partial charge in [-0.15, -0.1) is 0 Å². The van der Waals surface area contributed by atoms with Crippen LogP contribution in [0.4, 0.5) is 5.82 Å². The molecule has 0 amide bonds. The number of carbonyl (C=O) groups excluding carboxylic acids is 1. The van der Waals surface area contributed by atoms with Crippen LogP contribution in [0.5, 0.6) is 5.75 Å². The topological polar surface area (TPSA) is 140 Å². The van der Waals surface area contributed by atoms with E-state index in [1.54, 1.807) is 38.1 Å². The first kappa shape index (κ1) is 27.3. The SMILES string of the molecule is CCOC(=O)C(C)NP(=O)(Oc1ccccc1Cl)OC(C)C1CC(C)C(n2ccc3c(N)ncnc32)O1. The molecule has 0 radical (unpaired) electrons. The summed E-state index contributed by atoms with van der Waals surface area (Å²) in [5.74, 6) is 0.0337. The molecule has 6 unspecified atom stereocenters. The van der Waals surface area contributed by atoms with Crippen molar-refractivity contribution in [3.63, 3.8) is 0 Å². The third-order valence-corrected chi connectivity index (χ3v) is 8.16. The molecular weight excluding hydrogens is 521 g/mol. The quantitative estimate of drug-likeness (QED) is 0.268. The summed E-state index contributed by atoms with van der Waals surface area (Å²) in [5, 5.41) is 3.66. The van der Waals surface area contributed by atoms with Gasteiger partial charge in [-0.25, -0.2) is 14.5 Å². The molecule has 0 bridgehead atoms. The van der Waals surface area contributed by atoms with E-state index in [0.717, 1.165) is 5.39 Å². The van der Waals surface area contributed by atoms with Crippen molar-refractivity contribution in [3.8, 4) is 5.75 Å². The Labute approximate surface area is 220 Å². The standard InChI is InChI=1S/C24H31ClN5O6P/c1-5-33-24(31)15(3)29-37(32,36-19-9-7-6-8-18(19)25)35-16(4)20-12-14(2)23(34-20)30-11-10-17-21(26)27-13-28-22(17)30/h6-11,13-16,20,23H,5,12H2,1-4H3,(H,29,32)(H2,26,27,28). The summed E-state index contributed by atoms with van der Waals surface area (Å²) in [7, 11) is -4.11. The number of nitrogens with zero attached hydrogens (tertiary/aromatic N) is 3. The molecule has 2 aromatic heterocycles. The fraction of sp³-hybridized carbons (Fsp3) is 0.458. The number of esters is 1. The number of hydrogen-bond acceptors (Lipinski definition) is 9. The third-order valence-electron chi connectivity index (χ3n) is 6.10. The molecule has 4 rings (SSSR count). The van der Waals surface area contributed by atoms with Crippen molar-refractivity contribution in [2.75, 3.05) is 12.3 Å². The lowest BCUT2D eigenvalue weighted by Crippen LogP contribution is -2.37. The zero-order chi connectivity index (χ0) is 26.7. The van der Waals surface area contributed by atoms with Crippen LogP contribution in [-0.2, 0) is 23.4 Å². The zero-order valence-corrected chi connectivity index (χ0v) is 22.7. The van der Waals surface area contributed by atoms with Gasteiger partial charge in [0.05, 0.1) is 29.2 Å². The van der Waals surface area contributed by atoms with Gasteiger partial charge in [-0.05, 0) is 45.4 Å². The maximum atomic E-state index is 13.9. The molecule has 1 fully saturated rings. The van der Waals surface area contributed by atoms with Gasteiger partial charge >= 0.3 is 13.7 Å². The maximum Gasteiger partial charge on any atom is 0.459 e. The Balaban J connectivity index is 1.53. The molecule has 1 saturated heterocycles. The average molecular weight is 552 g/mol. The lowest BCUT2D eigenvalue weighted by Gasteiger charge is -2.28. The monoisotopic (exact) mass is 551 g/mol. The van der Waals surface area contributed by atoms with E-state index >= 15 is 0 Å². The molecule has 37 heavy (non-hydrogen) atoms. The molecule has 1 aromatic carbocycles. The van der Waals surface area contributed by atoms with Gasteiger partial charge in [0.15, 0.2) is 0 Å². The molecule has 3 aromatic rings. The normalized spacial score (nSPS) is 22.9. The van der Waals surface area contributed by atoms with Crippen molar-refractivity contribution in [1.29, 1.82) is 0 Å². The summed E-state index contributed by atoms with van der Waals surface area (Å²) in [5.41, 5.74) is 6.65. The number of benzene rings is 1.